The lowest BCUT2D eigenvalue weighted by molar-refractivity contribution is -0.115. The number of carbonyl (C=O) groups is 1. The third-order valence-electron chi connectivity index (χ3n) is 2.32. The van der Waals surface area contributed by atoms with E-state index in [1.165, 1.54) is 23.5 Å². The van der Waals surface area contributed by atoms with Crippen LogP contribution in [0, 0.1) is 17.1 Å². The zero-order chi connectivity index (χ0) is 13.0. The minimum atomic E-state index is -0.329. The van der Waals surface area contributed by atoms with Crippen LogP contribution in [0.25, 0.3) is 0 Å². The minimum absolute atomic E-state index is 0.156. The third kappa shape index (κ3) is 2.93. The van der Waals surface area contributed by atoms with E-state index in [2.05, 4.69) is 5.32 Å². The van der Waals surface area contributed by atoms with Crippen molar-refractivity contribution in [2.24, 2.45) is 0 Å². The van der Waals surface area contributed by atoms with Gasteiger partial charge in [-0.1, -0.05) is 12.1 Å². The van der Waals surface area contributed by atoms with Gasteiger partial charge in [0, 0.05) is 0 Å². The Kier molecular flexibility index (Phi) is 3.70. The summed E-state index contributed by atoms with van der Waals surface area (Å²) < 4.78 is 12.7. The van der Waals surface area contributed by atoms with Crippen LogP contribution in [0.15, 0.2) is 35.7 Å². The first-order chi connectivity index (χ1) is 8.69. The van der Waals surface area contributed by atoms with Gasteiger partial charge in [-0.05, 0) is 29.1 Å². The van der Waals surface area contributed by atoms with Crippen LogP contribution < -0.4 is 5.32 Å². The van der Waals surface area contributed by atoms with Crippen LogP contribution in [0.2, 0.25) is 0 Å². The molecular formula is C13H9FN2OS. The second-order valence-corrected chi connectivity index (χ2v) is 4.54. The Morgan fingerprint density at radius 2 is 2.06 bits per heavy atom. The monoisotopic (exact) mass is 260 g/mol. The molecule has 1 aromatic carbocycles. The Labute approximate surface area is 107 Å². The molecule has 2 rings (SSSR count). The molecular weight excluding hydrogens is 251 g/mol. The van der Waals surface area contributed by atoms with Crippen LogP contribution in [-0.2, 0) is 11.2 Å². The number of hydrogen-bond acceptors (Lipinski definition) is 3. The number of nitrogens with one attached hydrogen (secondary N) is 1. The van der Waals surface area contributed by atoms with Crippen molar-refractivity contribution in [2.45, 2.75) is 6.42 Å². The van der Waals surface area contributed by atoms with Gasteiger partial charge in [-0.25, -0.2) is 4.39 Å². The minimum Gasteiger partial charge on any atom is -0.316 e. The average molecular weight is 260 g/mol. The molecule has 3 nitrogen and oxygen atoms in total. The fraction of sp³-hybridized carbons (Fsp3) is 0.0769. The fourth-order valence-corrected chi connectivity index (χ4v) is 2.21. The molecule has 0 fully saturated rings. The second-order valence-electron chi connectivity index (χ2n) is 3.63. The Morgan fingerprint density at radius 1 is 1.33 bits per heavy atom. The number of benzene rings is 1. The molecule has 18 heavy (non-hydrogen) atoms. The Balaban J connectivity index is 2.01. The zero-order valence-electron chi connectivity index (χ0n) is 9.31. The number of amides is 1. The number of nitrogens with zero attached hydrogens (tertiary/aromatic N) is 1. The molecule has 1 amide bonds. The van der Waals surface area contributed by atoms with Crippen molar-refractivity contribution in [3.63, 3.8) is 0 Å². The van der Waals surface area contributed by atoms with E-state index < -0.39 is 0 Å². The first-order valence-electron chi connectivity index (χ1n) is 5.21. The van der Waals surface area contributed by atoms with Crippen LogP contribution >= 0.6 is 11.3 Å². The van der Waals surface area contributed by atoms with Crippen LogP contribution in [0.5, 0.6) is 0 Å². The summed E-state index contributed by atoms with van der Waals surface area (Å²) in [6, 6.07) is 9.41. The van der Waals surface area contributed by atoms with E-state index in [-0.39, 0.29) is 18.1 Å². The lowest BCUT2D eigenvalue weighted by atomic mass is 10.1. The number of nitriles is 1. The van der Waals surface area contributed by atoms with Crippen LogP contribution in [0.4, 0.5) is 9.39 Å². The third-order valence-corrected chi connectivity index (χ3v) is 3.15. The highest BCUT2D eigenvalue weighted by Crippen LogP contribution is 2.22. The number of anilines is 1. The molecule has 0 bridgehead atoms. The van der Waals surface area contributed by atoms with Crippen LogP contribution in [-0.4, -0.2) is 5.91 Å². The van der Waals surface area contributed by atoms with Gasteiger partial charge in [0.05, 0.1) is 12.0 Å². The first kappa shape index (κ1) is 12.3. The number of thiophene rings is 1. The largest absolute Gasteiger partial charge is 0.316 e. The Morgan fingerprint density at radius 3 is 2.72 bits per heavy atom. The lowest BCUT2D eigenvalue weighted by Crippen LogP contribution is -2.14. The van der Waals surface area contributed by atoms with Gasteiger partial charge in [0.15, 0.2) is 0 Å². The predicted octanol–water partition coefficient (Wildman–Crippen LogP) is 2.94. The van der Waals surface area contributed by atoms with Crippen molar-refractivity contribution in [1.29, 1.82) is 5.26 Å². The number of carbonyl (C=O) groups excluding carboxylic acids is 1. The lowest BCUT2D eigenvalue weighted by Gasteiger charge is -2.03. The molecule has 0 unspecified atom stereocenters. The summed E-state index contributed by atoms with van der Waals surface area (Å²) in [4.78, 5) is 11.7. The molecule has 1 heterocycles. The van der Waals surface area contributed by atoms with Crippen molar-refractivity contribution in [3.8, 4) is 6.07 Å². The smallest absolute Gasteiger partial charge is 0.229 e. The van der Waals surface area contributed by atoms with E-state index in [0.717, 1.165) is 5.56 Å². The number of rotatable bonds is 3. The highest BCUT2D eigenvalue weighted by Gasteiger charge is 2.08. The molecule has 5 heteroatoms. The molecule has 0 radical (unpaired) electrons. The number of halogens is 1. The van der Waals surface area contributed by atoms with Gasteiger partial charge in [-0.2, -0.15) is 5.26 Å². The van der Waals surface area contributed by atoms with Crippen LogP contribution in [0.1, 0.15) is 11.1 Å². The van der Waals surface area contributed by atoms with Crippen molar-refractivity contribution < 1.29 is 9.18 Å². The van der Waals surface area contributed by atoms with Crippen molar-refractivity contribution >= 4 is 22.2 Å². The summed E-state index contributed by atoms with van der Waals surface area (Å²) in [5.74, 6) is -0.551. The molecule has 0 saturated heterocycles. The predicted molar refractivity (Wildman–Crippen MR) is 67.8 cm³/mol. The standard InChI is InChI=1S/C13H9FN2OS/c14-11-3-1-9(2-4-11)7-12(17)16-13-10(8-15)5-6-18-13/h1-6H,7H2,(H,16,17). The maximum absolute atomic E-state index is 12.7. The normalized spacial score (nSPS) is 9.78. The SMILES string of the molecule is N#Cc1ccsc1NC(=O)Cc1ccc(F)cc1. The van der Waals surface area contributed by atoms with Crippen LogP contribution in [0.3, 0.4) is 0 Å². The summed E-state index contributed by atoms with van der Waals surface area (Å²) >= 11 is 1.30. The van der Waals surface area contributed by atoms with E-state index in [1.807, 2.05) is 6.07 Å². The summed E-state index contributed by atoms with van der Waals surface area (Å²) in [5.41, 5.74) is 1.18. The maximum Gasteiger partial charge on any atom is 0.229 e. The first-order valence-corrected chi connectivity index (χ1v) is 6.09. The van der Waals surface area contributed by atoms with Crippen molar-refractivity contribution in [3.05, 3.63) is 52.7 Å². The van der Waals surface area contributed by atoms with E-state index in [4.69, 9.17) is 5.26 Å². The van der Waals surface area contributed by atoms with Crippen molar-refractivity contribution in [1.82, 2.24) is 0 Å². The molecule has 1 N–H and O–H groups in total. The van der Waals surface area contributed by atoms with E-state index in [1.54, 1.807) is 23.6 Å². The topological polar surface area (TPSA) is 52.9 Å². The molecule has 0 aliphatic carbocycles. The number of hydrogen-bond donors (Lipinski definition) is 1. The molecule has 2 aromatic rings. The molecule has 0 aliphatic heterocycles. The molecule has 0 saturated carbocycles. The van der Waals surface area contributed by atoms with Gasteiger partial charge < -0.3 is 5.32 Å². The fourth-order valence-electron chi connectivity index (χ4n) is 1.45. The molecule has 0 aliphatic rings. The quantitative estimate of drug-likeness (QED) is 0.922. The summed E-state index contributed by atoms with van der Waals surface area (Å²) in [7, 11) is 0. The van der Waals surface area contributed by atoms with Gasteiger partial charge in [0.25, 0.3) is 0 Å². The van der Waals surface area contributed by atoms with E-state index in [0.29, 0.717) is 10.6 Å². The highest BCUT2D eigenvalue weighted by atomic mass is 32.1. The zero-order valence-corrected chi connectivity index (χ0v) is 10.1. The maximum atomic E-state index is 12.7. The Bertz CT molecular complexity index is 598. The Hall–Kier alpha value is -2.19. The summed E-state index contributed by atoms with van der Waals surface area (Å²) in [6.45, 7) is 0. The molecule has 90 valence electrons. The van der Waals surface area contributed by atoms with Gasteiger partial charge in [-0.3, -0.25) is 4.79 Å². The highest BCUT2D eigenvalue weighted by molar-refractivity contribution is 7.14. The van der Waals surface area contributed by atoms with Crippen molar-refractivity contribution in [2.75, 3.05) is 5.32 Å². The van der Waals surface area contributed by atoms with Gasteiger partial charge >= 0.3 is 0 Å². The van der Waals surface area contributed by atoms with E-state index >= 15 is 0 Å². The summed E-state index contributed by atoms with van der Waals surface area (Å²) in [5, 5.41) is 13.8. The summed E-state index contributed by atoms with van der Waals surface area (Å²) in [6.07, 6.45) is 0.156. The molecule has 0 atom stereocenters. The average Bonchev–Trinajstić information content (AvgIpc) is 2.79. The second kappa shape index (κ2) is 5.43. The van der Waals surface area contributed by atoms with Gasteiger partial charge in [0.1, 0.15) is 16.9 Å². The van der Waals surface area contributed by atoms with E-state index in [9.17, 15) is 9.18 Å². The van der Waals surface area contributed by atoms with Gasteiger partial charge in [-0.15, -0.1) is 11.3 Å². The molecule has 1 aromatic heterocycles. The van der Waals surface area contributed by atoms with Gasteiger partial charge in [0.2, 0.25) is 5.91 Å². The molecule has 0 spiro atoms.